The molecule has 0 aliphatic carbocycles. The van der Waals surface area contributed by atoms with Gasteiger partial charge in [-0.3, -0.25) is 9.78 Å². The van der Waals surface area contributed by atoms with E-state index in [1.165, 1.54) is 0 Å². The maximum absolute atomic E-state index is 12.7. The molecule has 3 aromatic rings. The zero-order valence-corrected chi connectivity index (χ0v) is 14.7. The highest BCUT2D eigenvalue weighted by atomic mass is 16.5. The van der Waals surface area contributed by atoms with E-state index in [0.717, 1.165) is 22.3 Å². The number of pyridine rings is 1. The Labute approximate surface area is 151 Å². The van der Waals surface area contributed by atoms with Gasteiger partial charge in [0.05, 0.1) is 25.2 Å². The summed E-state index contributed by atoms with van der Waals surface area (Å²) in [6, 6.07) is 11.7. The molecule has 2 aromatic heterocycles. The van der Waals surface area contributed by atoms with Crippen LogP contribution >= 0.6 is 0 Å². The van der Waals surface area contributed by atoms with Crippen LogP contribution in [-0.2, 0) is 16.1 Å². The first-order valence-corrected chi connectivity index (χ1v) is 8.81. The van der Waals surface area contributed by atoms with E-state index in [2.05, 4.69) is 15.3 Å². The predicted octanol–water partition coefficient (Wildman–Crippen LogP) is 2.12. The van der Waals surface area contributed by atoms with E-state index < -0.39 is 0 Å². The number of aryl methyl sites for hydroxylation is 2. The van der Waals surface area contributed by atoms with Crippen molar-refractivity contribution >= 4 is 16.9 Å². The molecule has 0 bridgehead atoms. The summed E-state index contributed by atoms with van der Waals surface area (Å²) in [6.07, 6.45) is 2.08. The highest BCUT2D eigenvalue weighted by Gasteiger charge is 2.25. The Morgan fingerprint density at radius 3 is 3.08 bits per heavy atom. The first-order valence-electron chi connectivity index (χ1n) is 8.81. The van der Waals surface area contributed by atoms with Gasteiger partial charge in [0, 0.05) is 24.9 Å². The zero-order valence-electron chi connectivity index (χ0n) is 14.7. The number of carbonyl (C=O) groups excluding carboxylic acids is 1. The Hall–Kier alpha value is -2.80. The van der Waals surface area contributed by atoms with E-state index in [-0.39, 0.29) is 12.0 Å². The van der Waals surface area contributed by atoms with Gasteiger partial charge in [-0.25, -0.2) is 4.68 Å². The zero-order chi connectivity index (χ0) is 17.9. The quantitative estimate of drug-likeness (QED) is 0.720. The summed E-state index contributed by atoms with van der Waals surface area (Å²) >= 11 is 0. The lowest BCUT2D eigenvalue weighted by atomic mass is 10.1. The van der Waals surface area contributed by atoms with Crippen molar-refractivity contribution in [1.82, 2.24) is 24.9 Å². The normalized spacial score (nSPS) is 17.6. The van der Waals surface area contributed by atoms with Gasteiger partial charge in [0.15, 0.2) is 0 Å². The number of hydrogen-bond donors (Lipinski definition) is 0. The lowest BCUT2D eigenvalue weighted by Crippen LogP contribution is -2.42. The molecule has 1 aromatic carbocycles. The van der Waals surface area contributed by atoms with Crippen LogP contribution in [0.1, 0.15) is 23.8 Å². The third-order valence-electron chi connectivity index (χ3n) is 4.67. The van der Waals surface area contributed by atoms with Crippen molar-refractivity contribution < 1.29 is 9.53 Å². The molecule has 0 N–H and O–H groups in total. The molecule has 4 rings (SSSR count). The molecular formula is C19H21N5O2. The van der Waals surface area contributed by atoms with Crippen molar-refractivity contribution in [2.45, 2.75) is 26.0 Å². The molecule has 7 nitrogen and oxygen atoms in total. The Morgan fingerprint density at radius 2 is 2.19 bits per heavy atom. The van der Waals surface area contributed by atoms with Crippen LogP contribution in [0.15, 0.2) is 42.6 Å². The van der Waals surface area contributed by atoms with Gasteiger partial charge in [0.25, 0.3) is 0 Å². The summed E-state index contributed by atoms with van der Waals surface area (Å²) in [6.45, 7) is 4.22. The molecule has 1 aliphatic heterocycles. The van der Waals surface area contributed by atoms with Crippen LogP contribution in [0, 0.1) is 6.92 Å². The average Bonchev–Trinajstić information content (AvgIpc) is 3.09. The Bertz CT molecular complexity index is 923. The fraction of sp³-hybridized carbons (Fsp3) is 0.368. The van der Waals surface area contributed by atoms with Crippen molar-refractivity contribution in [3.63, 3.8) is 0 Å². The van der Waals surface area contributed by atoms with Crippen molar-refractivity contribution in [3.05, 3.63) is 53.9 Å². The van der Waals surface area contributed by atoms with Crippen LogP contribution in [0.4, 0.5) is 0 Å². The third kappa shape index (κ3) is 3.43. The summed E-state index contributed by atoms with van der Waals surface area (Å²) in [5.41, 5.74) is 3.82. The van der Waals surface area contributed by atoms with Crippen molar-refractivity contribution in [2.75, 3.05) is 19.7 Å². The summed E-state index contributed by atoms with van der Waals surface area (Å²) in [5.74, 6) is 0.114. The SMILES string of the molecule is Cc1cc(C2CN(C(=O)CCn3nnc4ccccc43)CCO2)ccn1. The van der Waals surface area contributed by atoms with Gasteiger partial charge in [0.1, 0.15) is 11.6 Å². The summed E-state index contributed by atoms with van der Waals surface area (Å²) in [7, 11) is 0. The number of carbonyl (C=O) groups is 1. The van der Waals surface area contributed by atoms with Gasteiger partial charge in [-0.1, -0.05) is 17.3 Å². The third-order valence-corrected chi connectivity index (χ3v) is 4.67. The standard InChI is InChI=1S/C19H21N5O2/c1-14-12-15(6-8-20-14)18-13-23(10-11-26-18)19(25)7-9-24-17-5-3-2-4-16(17)21-22-24/h2-6,8,12,18H,7,9-11,13H2,1H3. The number of benzene rings is 1. The summed E-state index contributed by atoms with van der Waals surface area (Å²) < 4.78 is 7.65. The number of rotatable bonds is 4. The maximum atomic E-state index is 12.7. The minimum atomic E-state index is -0.0957. The van der Waals surface area contributed by atoms with E-state index >= 15 is 0 Å². The number of nitrogens with zero attached hydrogens (tertiary/aromatic N) is 5. The molecule has 26 heavy (non-hydrogen) atoms. The molecule has 0 spiro atoms. The van der Waals surface area contributed by atoms with Crippen LogP contribution in [0.3, 0.4) is 0 Å². The number of aromatic nitrogens is 4. The van der Waals surface area contributed by atoms with E-state index in [1.54, 1.807) is 10.9 Å². The first kappa shape index (κ1) is 16.7. The molecular weight excluding hydrogens is 330 g/mol. The summed E-state index contributed by atoms with van der Waals surface area (Å²) in [4.78, 5) is 18.8. The van der Waals surface area contributed by atoms with E-state index in [1.807, 2.05) is 48.2 Å². The minimum absolute atomic E-state index is 0.0957. The number of amides is 1. The van der Waals surface area contributed by atoms with Gasteiger partial charge in [-0.05, 0) is 36.8 Å². The molecule has 3 heterocycles. The van der Waals surface area contributed by atoms with E-state index in [4.69, 9.17) is 4.74 Å². The highest BCUT2D eigenvalue weighted by Crippen LogP contribution is 2.23. The fourth-order valence-corrected chi connectivity index (χ4v) is 3.29. The second-order valence-corrected chi connectivity index (χ2v) is 6.48. The fourth-order valence-electron chi connectivity index (χ4n) is 3.29. The second-order valence-electron chi connectivity index (χ2n) is 6.48. The average molecular weight is 351 g/mol. The monoisotopic (exact) mass is 351 g/mol. The van der Waals surface area contributed by atoms with Crippen LogP contribution in [0.5, 0.6) is 0 Å². The largest absolute Gasteiger partial charge is 0.370 e. The number of ether oxygens (including phenoxy) is 1. The summed E-state index contributed by atoms with van der Waals surface area (Å²) in [5, 5.41) is 8.28. The number of fused-ring (bicyclic) bond motifs is 1. The van der Waals surface area contributed by atoms with Crippen molar-refractivity contribution in [2.24, 2.45) is 0 Å². The Kier molecular flexibility index (Phi) is 4.62. The molecule has 7 heteroatoms. The molecule has 1 atom stereocenters. The lowest BCUT2D eigenvalue weighted by Gasteiger charge is -2.33. The van der Waals surface area contributed by atoms with Gasteiger partial charge in [-0.15, -0.1) is 5.10 Å². The van der Waals surface area contributed by atoms with Crippen LogP contribution < -0.4 is 0 Å². The Morgan fingerprint density at radius 1 is 1.31 bits per heavy atom. The van der Waals surface area contributed by atoms with Gasteiger partial charge < -0.3 is 9.64 Å². The van der Waals surface area contributed by atoms with Gasteiger partial charge in [0.2, 0.25) is 5.91 Å². The smallest absolute Gasteiger partial charge is 0.224 e. The Balaban J connectivity index is 1.40. The molecule has 1 unspecified atom stereocenters. The lowest BCUT2D eigenvalue weighted by molar-refractivity contribution is -0.139. The molecule has 0 saturated carbocycles. The molecule has 0 radical (unpaired) electrons. The van der Waals surface area contributed by atoms with Crippen LogP contribution in [-0.4, -0.2) is 50.5 Å². The molecule has 1 saturated heterocycles. The molecule has 1 fully saturated rings. The molecule has 1 aliphatic rings. The molecule has 134 valence electrons. The highest BCUT2D eigenvalue weighted by molar-refractivity contribution is 5.77. The minimum Gasteiger partial charge on any atom is -0.370 e. The predicted molar refractivity (Wildman–Crippen MR) is 96.4 cm³/mol. The van der Waals surface area contributed by atoms with E-state index in [0.29, 0.717) is 32.7 Å². The van der Waals surface area contributed by atoms with Crippen molar-refractivity contribution in [3.8, 4) is 0 Å². The van der Waals surface area contributed by atoms with Crippen LogP contribution in [0.25, 0.3) is 11.0 Å². The van der Waals surface area contributed by atoms with E-state index in [9.17, 15) is 4.79 Å². The van der Waals surface area contributed by atoms with Gasteiger partial charge >= 0.3 is 0 Å². The topological polar surface area (TPSA) is 73.1 Å². The number of hydrogen-bond acceptors (Lipinski definition) is 5. The number of morpholine rings is 1. The van der Waals surface area contributed by atoms with Crippen LogP contribution in [0.2, 0.25) is 0 Å². The first-order chi connectivity index (χ1) is 12.7. The maximum Gasteiger partial charge on any atom is 0.224 e. The van der Waals surface area contributed by atoms with Crippen molar-refractivity contribution in [1.29, 1.82) is 0 Å². The second kappa shape index (κ2) is 7.21. The number of para-hydroxylation sites is 1. The molecule has 1 amide bonds. The van der Waals surface area contributed by atoms with Gasteiger partial charge in [-0.2, -0.15) is 0 Å².